The molecule has 0 spiro atoms. The molecule has 0 amide bonds. The summed E-state index contributed by atoms with van der Waals surface area (Å²) in [6.07, 6.45) is 4.01. The van der Waals surface area contributed by atoms with Crippen molar-refractivity contribution in [3.63, 3.8) is 0 Å². The molecule has 2 nitrogen and oxygen atoms in total. The third kappa shape index (κ3) is 4.43. The first-order valence-electron chi connectivity index (χ1n) is 6.07. The molecule has 0 saturated carbocycles. The van der Waals surface area contributed by atoms with Gasteiger partial charge in [-0.3, -0.25) is 0 Å². The molecule has 0 radical (unpaired) electrons. The van der Waals surface area contributed by atoms with Crippen LogP contribution in [0.3, 0.4) is 0 Å². The van der Waals surface area contributed by atoms with Gasteiger partial charge < -0.3 is 10.2 Å². The van der Waals surface area contributed by atoms with E-state index >= 15 is 0 Å². The first-order chi connectivity index (χ1) is 6.64. The van der Waals surface area contributed by atoms with Gasteiger partial charge in [-0.2, -0.15) is 0 Å². The fourth-order valence-electron chi connectivity index (χ4n) is 2.27. The number of rotatable bonds is 5. The highest BCUT2D eigenvalue weighted by atomic mass is 15.1. The fraction of sp³-hybridized carbons (Fsp3) is 1.00. The van der Waals surface area contributed by atoms with E-state index in [2.05, 4.69) is 31.0 Å². The van der Waals surface area contributed by atoms with Crippen molar-refractivity contribution >= 4 is 0 Å². The Bertz CT molecular complexity index is 154. The van der Waals surface area contributed by atoms with Crippen molar-refractivity contribution in [1.82, 2.24) is 10.2 Å². The predicted molar refractivity (Wildman–Crippen MR) is 62.6 cm³/mol. The number of hydrogen-bond donors (Lipinski definition) is 1. The molecule has 0 unspecified atom stereocenters. The van der Waals surface area contributed by atoms with Crippen molar-refractivity contribution < 1.29 is 0 Å². The lowest BCUT2D eigenvalue weighted by Gasteiger charge is -2.38. The van der Waals surface area contributed by atoms with E-state index in [0.717, 1.165) is 13.1 Å². The van der Waals surface area contributed by atoms with Crippen LogP contribution >= 0.6 is 0 Å². The van der Waals surface area contributed by atoms with Crippen molar-refractivity contribution in [2.24, 2.45) is 5.41 Å². The second kappa shape index (κ2) is 5.72. The average molecular weight is 198 g/mol. The van der Waals surface area contributed by atoms with Gasteiger partial charge >= 0.3 is 0 Å². The van der Waals surface area contributed by atoms with Gasteiger partial charge in [0.2, 0.25) is 0 Å². The third-order valence-corrected chi connectivity index (χ3v) is 3.01. The van der Waals surface area contributed by atoms with Crippen LogP contribution in [0.2, 0.25) is 0 Å². The zero-order chi connectivity index (χ0) is 10.4. The predicted octanol–water partition coefficient (Wildman–Crippen LogP) is 2.11. The maximum atomic E-state index is 3.47. The lowest BCUT2D eigenvalue weighted by atomic mass is 9.84. The largest absolute Gasteiger partial charge is 0.315 e. The second-order valence-electron chi connectivity index (χ2n) is 5.29. The van der Waals surface area contributed by atoms with Crippen LogP contribution in [-0.2, 0) is 0 Å². The summed E-state index contributed by atoms with van der Waals surface area (Å²) in [4.78, 5) is 2.60. The smallest absolute Gasteiger partial charge is 0.0107 e. The number of hydrogen-bond acceptors (Lipinski definition) is 2. The molecule has 1 fully saturated rings. The first kappa shape index (κ1) is 12.0. The van der Waals surface area contributed by atoms with Crippen LogP contribution in [-0.4, -0.2) is 37.6 Å². The molecule has 1 aliphatic rings. The zero-order valence-corrected chi connectivity index (χ0v) is 10.1. The van der Waals surface area contributed by atoms with E-state index in [1.54, 1.807) is 0 Å². The molecule has 1 heterocycles. The van der Waals surface area contributed by atoms with Crippen LogP contribution in [0.1, 0.15) is 40.0 Å². The topological polar surface area (TPSA) is 15.3 Å². The summed E-state index contributed by atoms with van der Waals surface area (Å²) in [5.74, 6) is 0. The third-order valence-electron chi connectivity index (χ3n) is 3.01. The van der Waals surface area contributed by atoms with Gasteiger partial charge in [-0.25, -0.2) is 0 Å². The minimum Gasteiger partial charge on any atom is -0.315 e. The van der Waals surface area contributed by atoms with Crippen molar-refractivity contribution in [1.29, 1.82) is 0 Å². The maximum Gasteiger partial charge on any atom is 0.0107 e. The van der Waals surface area contributed by atoms with E-state index in [4.69, 9.17) is 0 Å². The molecular formula is C12H26N2. The maximum absolute atomic E-state index is 3.47. The molecule has 1 saturated heterocycles. The molecule has 14 heavy (non-hydrogen) atoms. The molecule has 0 aromatic carbocycles. The molecule has 0 aliphatic carbocycles. The quantitative estimate of drug-likeness (QED) is 0.681. The van der Waals surface area contributed by atoms with Crippen LogP contribution in [0.5, 0.6) is 0 Å². The van der Waals surface area contributed by atoms with E-state index in [9.17, 15) is 0 Å². The molecular weight excluding hydrogens is 172 g/mol. The average Bonchev–Trinajstić information content (AvgIpc) is 2.11. The van der Waals surface area contributed by atoms with Crippen LogP contribution in [0.25, 0.3) is 0 Å². The van der Waals surface area contributed by atoms with Crippen molar-refractivity contribution in [2.45, 2.75) is 40.0 Å². The lowest BCUT2D eigenvalue weighted by molar-refractivity contribution is 0.118. The summed E-state index contributed by atoms with van der Waals surface area (Å²) < 4.78 is 0. The van der Waals surface area contributed by atoms with E-state index < -0.39 is 0 Å². The highest BCUT2D eigenvalue weighted by Gasteiger charge is 2.25. The van der Waals surface area contributed by atoms with Gasteiger partial charge in [0.1, 0.15) is 0 Å². The van der Waals surface area contributed by atoms with Crippen LogP contribution in [0, 0.1) is 5.41 Å². The highest BCUT2D eigenvalue weighted by molar-refractivity contribution is 4.79. The van der Waals surface area contributed by atoms with Gasteiger partial charge in [0.25, 0.3) is 0 Å². The van der Waals surface area contributed by atoms with Crippen molar-refractivity contribution in [2.75, 3.05) is 32.7 Å². The summed E-state index contributed by atoms with van der Waals surface area (Å²) in [7, 11) is 0. The fourth-order valence-corrected chi connectivity index (χ4v) is 2.27. The van der Waals surface area contributed by atoms with E-state index in [1.165, 1.54) is 38.9 Å². The molecule has 0 atom stereocenters. The van der Waals surface area contributed by atoms with E-state index in [0.29, 0.717) is 5.41 Å². The van der Waals surface area contributed by atoms with Gasteiger partial charge in [0.05, 0.1) is 0 Å². The van der Waals surface area contributed by atoms with Crippen molar-refractivity contribution in [3.05, 3.63) is 0 Å². The lowest BCUT2D eigenvalue weighted by Crippen LogP contribution is -2.43. The monoisotopic (exact) mass is 198 g/mol. The number of likely N-dealkylation sites (tertiary alicyclic amines) is 1. The SMILES string of the molecule is CCCNCCN1CCCC(C)(C)C1. The van der Waals surface area contributed by atoms with Crippen LogP contribution in [0.15, 0.2) is 0 Å². The van der Waals surface area contributed by atoms with Crippen LogP contribution in [0.4, 0.5) is 0 Å². The summed E-state index contributed by atoms with van der Waals surface area (Å²) in [6.45, 7) is 13.1. The second-order valence-corrected chi connectivity index (χ2v) is 5.29. The first-order valence-corrected chi connectivity index (χ1v) is 6.07. The van der Waals surface area contributed by atoms with Gasteiger partial charge in [0, 0.05) is 19.6 Å². The Labute approximate surface area is 89.1 Å². The minimum atomic E-state index is 0.545. The Kier molecular flexibility index (Phi) is 4.90. The van der Waals surface area contributed by atoms with Gasteiger partial charge in [-0.15, -0.1) is 0 Å². The van der Waals surface area contributed by atoms with Gasteiger partial charge in [-0.1, -0.05) is 20.8 Å². The Morgan fingerprint density at radius 2 is 2.07 bits per heavy atom. The molecule has 1 rings (SSSR count). The normalized spacial score (nSPS) is 22.5. The zero-order valence-electron chi connectivity index (χ0n) is 10.1. The molecule has 84 valence electrons. The number of nitrogens with one attached hydrogen (secondary N) is 1. The Hall–Kier alpha value is -0.0800. The molecule has 1 aliphatic heterocycles. The number of piperidine rings is 1. The molecule has 0 bridgehead atoms. The van der Waals surface area contributed by atoms with Gasteiger partial charge in [0.15, 0.2) is 0 Å². The van der Waals surface area contributed by atoms with Crippen molar-refractivity contribution in [3.8, 4) is 0 Å². The summed E-state index contributed by atoms with van der Waals surface area (Å²) >= 11 is 0. The van der Waals surface area contributed by atoms with E-state index in [-0.39, 0.29) is 0 Å². The van der Waals surface area contributed by atoms with E-state index in [1.807, 2.05) is 0 Å². The molecule has 1 N–H and O–H groups in total. The summed E-state index contributed by atoms with van der Waals surface area (Å²) in [5, 5.41) is 3.47. The Morgan fingerprint density at radius 1 is 1.29 bits per heavy atom. The highest BCUT2D eigenvalue weighted by Crippen LogP contribution is 2.27. The summed E-state index contributed by atoms with van der Waals surface area (Å²) in [5.41, 5.74) is 0.545. The molecule has 2 heteroatoms. The van der Waals surface area contributed by atoms with Gasteiger partial charge in [-0.05, 0) is 37.8 Å². The minimum absolute atomic E-state index is 0.545. The number of nitrogens with zero attached hydrogens (tertiary/aromatic N) is 1. The Balaban J connectivity index is 2.12. The Morgan fingerprint density at radius 3 is 2.71 bits per heavy atom. The summed E-state index contributed by atoms with van der Waals surface area (Å²) in [6, 6.07) is 0. The molecule has 0 aromatic rings. The molecule has 0 aromatic heterocycles. The van der Waals surface area contributed by atoms with Crippen LogP contribution < -0.4 is 5.32 Å². The standard InChI is InChI=1S/C12H26N2/c1-4-7-13-8-10-14-9-5-6-12(2,3)11-14/h13H,4-11H2,1-3H3.